The van der Waals surface area contributed by atoms with Gasteiger partial charge in [0, 0.05) is 20.3 Å². The highest BCUT2D eigenvalue weighted by molar-refractivity contribution is 9.10. The predicted octanol–water partition coefficient (Wildman–Crippen LogP) is 2.05. The van der Waals surface area contributed by atoms with Gasteiger partial charge in [-0.05, 0) is 36.2 Å². The van der Waals surface area contributed by atoms with Gasteiger partial charge in [-0.1, -0.05) is 0 Å². The van der Waals surface area contributed by atoms with E-state index in [0.717, 1.165) is 13.0 Å². The second kappa shape index (κ2) is 9.10. The Balaban J connectivity index is 2.42. The summed E-state index contributed by atoms with van der Waals surface area (Å²) in [6.45, 7) is 6.43. The van der Waals surface area contributed by atoms with Gasteiger partial charge in [0.25, 0.3) is 5.56 Å². The van der Waals surface area contributed by atoms with Crippen LogP contribution in [0.3, 0.4) is 0 Å². The van der Waals surface area contributed by atoms with Gasteiger partial charge in [0.2, 0.25) is 0 Å². The van der Waals surface area contributed by atoms with Crippen LogP contribution in [0, 0.1) is 0 Å². The van der Waals surface area contributed by atoms with E-state index in [9.17, 15) is 4.79 Å². The number of anilines is 1. The summed E-state index contributed by atoms with van der Waals surface area (Å²) in [6, 6.07) is 0.0436. The monoisotopic (exact) mass is 347 g/mol. The summed E-state index contributed by atoms with van der Waals surface area (Å²) in [6.07, 6.45) is 2.51. The van der Waals surface area contributed by atoms with Crippen LogP contribution in [0.2, 0.25) is 0 Å². The van der Waals surface area contributed by atoms with E-state index in [2.05, 4.69) is 26.3 Å². The molecule has 1 N–H and O–H groups in total. The zero-order chi connectivity index (χ0) is 15.0. The van der Waals surface area contributed by atoms with Crippen molar-refractivity contribution in [3.8, 4) is 0 Å². The summed E-state index contributed by atoms with van der Waals surface area (Å²) in [4.78, 5) is 12.0. The molecular weight excluding hydrogens is 326 g/mol. The summed E-state index contributed by atoms with van der Waals surface area (Å²) in [5, 5.41) is 7.32. The van der Waals surface area contributed by atoms with Gasteiger partial charge in [-0.2, -0.15) is 5.10 Å². The first kappa shape index (κ1) is 17.1. The summed E-state index contributed by atoms with van der Waals surface area (Å²) in [5.41, 5.74) is 0.588. The molecule has 0 atom stereocenters. The molecular formula is C13H22BrN3O3. The molecule has 0 spiro atoms. The summed E-state index contributed by atoms with van der Waals surface area (Å²) < 4.78 is 12.2. The van der Waals surface area contributed by atoms with Gasteiger partial charge < -0.3 is 14.8 Å². The molecule has 0 aromatic carbocycles. The van der Waals surface area contributed by atoms with E-state index >= 15 is 0 Å². The van der Waals surface area contributed by atoms with Crippen LogP contribution in [0.15, 0.2) is 15.5 Å². The highest BCUT2D eigenvalue weighted by atomic mass is 79.9. The fourth-order valence-corrected chi connectivity index (χ4v) is 2.00. The fourth-order valence-electron chi connectivity index (χ4n) is 1.58. The van der Waals surface area contributed by atoms with Crippen LogP contribution in [-0.2, 0) is 9.47 Å². The van der Waals surface area contributed by atoms with Crippen molar-refractivity contribution in [3.05, 3.63) is 21.0 Å². The van der Waals surface area contributed by atoms with Crippen LogP contribution < -0.4 is 10.9 Å². The van der Waals surface area contributed by atoms with E-state index in [4.69, 9.17) is 9.47 Å². The molecule has 0 aliphatic heterocycles. The lowest BCUT2D eigenvalue weighted by molar-refractivity contribution is 0.0705. The molecule has 0 aliphatic carbocycles. The molecule has 7 heteroatoms. The van der Waals surface area contributed by atoms with Gasteiger partial charge in [-0.3, -0.25) is 4.79 Å². The third kappa shape index (κ3) is 5.22. The Morgan fingerprint density at radius 3 is 2.80 bits per heavy atom. The average Bonchev–Trinajstić information content (AvgIpc) is 2.42. The van der Waals surface area contributed by atoms with Crippen LogP contribution >= 0.6 is 15.9 Å². The predicted molar refractivity (Wildman–Crippen MR) is 82.4 cm³/mol. The molecule has 20 heavy (non-hydrogen) atoms. The molecule has 0 aliphatic rings. The molecule has 0 bridgehead atoms. The van der Waals surface area contributed by atoms with Gasteiger partial charge in [0.05, 0.1) is 31.1 Å². The van der Waals surface area contributed by atoms with Gasteiger partial charge in [-0.25, -0.2) is 4.68 Å². The minimum atomic E-state index is -0.124. The number of nitrogens with zero attached hydrogens (tertiary/aromatic N) is 2. The maximum atomic E-state index is 12.0. The molecule has 6 nitrogen and oxygen atoms in total. The lowest BCUT2D eigenvalue weighted by Gasteiger charge is -2.12. The van der Waals surface area contributed by atoms with E-state index in [-0.39, 0.29) is 11.6 Å². The van der Waals surface area contributed by atoms with Crippen LogP contribution in [0.4, 0.5) is 5.69 Å². The van der Waals surface area contributed by atoms with Crippen LogP contribution in [-0.4, -0.2) is 43.3 Å². The standard InChI is InChI=1S/C13H22BrN3O3/c1-10(2)17-13(18)12(14)11(9-16-17)15-5-4-6-20-8-7-19-3/h9-10,15H,4-8H2,1-3H3. The number of methoxy groups -OCH3 is 1. The lowest BCUT2D eigenvalue weighted by Crippen LogP contribution is -2.26. The van der Waals surface area contributed by atoms with E-state index in [0.29, 0.717) is 30.0 Å². The zero-order valence-corrected chi connectivity index (χ0v) is 13.8. The van der Waals surface area contributed by atoms with Crippen molar-refractivity contribution in [1.82, 2.24) is 9.78 Å². The third-order valence-corrected chi connectivity index (χ3v) is 3.41. The van der Waals surface area contributed by atoms with Gasteiger partial charge in [-0.15, -0.1) is 0 Å². The molecule has 1 aromatic heterocycles. The van der Waals surface area contributed by atoms with E-state index < -0.39 is 0 Å². The summed E-state index contributed by atoms with van der Waals surface area (Å²) in [5.74, 6) is 0. The number of ether oxygens (including phenoxy) is 2. The van der Waals surface area contributed by atoms with Gasteiger partial charge in [0.15, 0.2) is 0 Å². The van der Waals surface area contributed by atoms with Crippen molar-refractivity contribution in [2.24, 2.45) is 0 Å². The molecule has 0 radical (unpaired) electrons. The number of rotatable bonds is 9. The minimum Gasteiger partial charge on any atom is -0.383 e. The number of halogens is 1. The number of hydrogen-bond donors (Lipinski definition) is 1. The second-order valence-electron chi connectivity index (χ2n) is 4.60. The maximum absolute atomic E-state index is 12.0. The molecule has 1 aromatic rings. The maximum Gasteiger partial charge on any atom is 0.283 e. The molecule has 0 fully saturated rings. The smallest absolute Gasteiger partial charge is 0.283 e. The largest absolute Gasteiger partial charge is 0.383 e. The first-order valence-electron chi connectivity index (χ1n) is 6.65. The number of nitrogens with one attached hydrogen (secondary N) is 1. The van der Waals surface area contributed by atoms with Crippen LogP contribution in [0.25, 0.3) is 0 Å². The van der Waals surface area contributed by atoms with Crippen LogP contribution in [0.5, 0.6) is 0 Å². The highest BCUT2D eigenvalue weighted by Crippen LogP contribution is 2.16. The first-order valence-corrected chi connectivity index (χ1v) is 7.45. The molecule has 0 unspecified atom stereocenters. The highest BCUT2D eigenvalue weighted by Gasteiger charge is 2.10. The van der Waals surface area contributed by atoms with Crippen molar-refractivity contribution < 1.29 is 9.47 Å². The van der Waals surface area contributed by atoms with Crippen molar-refractivity contribution in [3.63, 3.8) is 0 Å². The number of hydrogen-bond acceptors (Lipinski definition) is 5. The lowest BCUT2D eigenvalue weighted by atomic mass is 10.3. The quantitative estimate of drug-likeness (QED) is 0.692. The Kier molecular flexibility index (Phi) is 7.79. The molecule has 0 saturated carbocycles. The van der Waals surface area contributed by atoms with Crippen molar-refractivity contribution in [1.29, 1.82) is 0 Å². The second-order valence-corrected chi connectivity index (χ2v) is 5.39. The van der Waals surface area contributed by atoms with Gasteiger partial charge in [0.1, 0.15) is 4.47 Å². The topological polar surface area (TPSA) is 65.4 Å². The Labute approximate surface area is 127 Å². The Hall–Kier alpha value is -0.920. The SMILES string of the molecule is COCCOCCCNc1cnn(C(C)C)c(=O)c1Br. The number of aromatic nitrogens is 2. The summed E-state index contributed by atoms with van der Waals surface area (Å²) >= 11 is 3.32. The molecule has 1 heterocycles. The summed E-state index contributed by atoms with van der Waals surface area (Å²) in [7, 11) is 1.65. The van der Waals surface area contributed by atoms with Crippen molar-refractivity contribution >= 4 is 21.6 Å². The van der Waals surface area contributed by atoms with E-state index in [1.807, 2.05) is 13.8 Å². The van der Waals surface area contributed by atoms with Crippen molar-refractivity contribution in [2.75, 3.05) is 38.8 Å². The van der Waals surface area contributed by atoms with E-state index in [1.165, 1.54) is 4.68 Å². The Morgan fingerprint density at radius 2 is 2.15 bits per heavy atom. The molecule has 0 saturated heterocycles. The zero-order valence-electron chi connectivity index (χ0n) is 12.2. The van der Waals surface area contributed by atoms with Crippen LogP contribution in [0.1, 0.15) is 26.3 Å². The Bertz CT molecular complexity index is 463. The first-order chi connectivity index (χ1) is 9.57. The molecule has 1 rings (SSSR count). The minimum absolute atomic E-state index is 0.0436. The van der Waals surface area contributed by atoms with Gasteiger partial charge >= 0.3 is 0 Å². The third-order valence-electron chi connectivity index (χ3n) is 2.65. The Morgan fingerprint density at radius 1 is 1.40 bits per heavy atom. The fraction of sp³-hybridized carbons (Fsp3) is 0.692. The van der Waals surface area contributed by atoms with Crippen molar-refractivity contribution in [2.45, 2.75) is 26.3 Å². The van der Waals surface area contributed by atoms with E-state index in [1.54, 1.807) is 13.3 Å². The molecule has 114 valence electrons. The molecule has 0 amide bonds. The average molecular weight is 348 g/mol. The normalized spacial score (nSPS) is 11.1.